The zero-order chi connectivity index (χ0) is 14.1. The molecule has 2 N–H and O–H groups in total. The molecule has 0 aliphatic heterocycles. The molecule has 0 saturated heterocycles. The Morgan fingerprint density at radius 2 is 1.80 bits per heavy atom. The molecule has 2 heteroatoms. The van der Waals surface area contributed by atoms with Crippen molar-refractivity contribution in [2.45, 2.75) is 26.3 Å². The highest BCUT2D eigenvalue weighted by Gasteiger charge is 2.11. The molecular weight excluding hydrogens is 262 g/mol. The van der Waals surface area contributed by atoms with Gasteiger partial charge in [0.2, 0.25) is 0 Å². The summed E-state index contributed by atoms with van der Waals surface area (Å²) in [5, 5.41) is 1.29. The quantitative estimate of drug-likeness (QED) is 0.736. The van der Waals surface area contributed by atoms with Crippen molar-refractivity contribution in [3.05, 3.63) is 70.1 Å². The van der Waals surface area contributed by atoms with Crippen LogP contribution in [0.2, 0.25) is 0 Å². The molecule has 102 valence electrons. The summed E-state index contributed by atoms with van der Waals surface area (Å²) in [4.78, 5) is 1.27. The van der Waals surface area contributed by atoms with E-state index in [1.54, 1.807) is 11.3 Å². The second-order valence-corrected chi connectivity index (χ2v) is 6.53. The van der Waals surface area contributed by atoms with Crippen LogP contribution >= 0.6 is 11.3 Å². The Bertz CT molecular complexity index is 709. The number of hydrogen-bond donors (Lipinski definition) is 1. The highest BCUT2D eigenvalue weighted by atomic mass is 32.1. The van der Waals surface area contributed by atoms with E-state index in [4.69, 9.17) is 5.73 Å². The predicted octanol–water partition coefficient (Wildman–Crippen LogP) is 4.76. The third-order valence-electron chi connectivity index (χ3n) is 3.84. The molecule has 0 bridgehead atoms. The van der Waals surface area contributed by atoms with E-state index in [0.29, 0.717) is 0 Å². The summed E-state index contributed by atoms with van der Waals surface area (Å²) < 4.78 is 1.32. The maximum absolute atomic E-state index is 6.39. The normalized spacial score (nSPS) is 12.8. The Labute approximate surface area is 124 Å². The van der Waals surface area contributed by atoms with Gasteiger partial charge < -0.3 is 5.73 Å². The Morgan fingerprint density at radius 1 is 1.00 bits per heavy atom. The third kappa shape index (κ3) is 2.62. The molecule has 0 spiro atoms. The first kappa shape index (κ1) is 13.3. The molecule has 1 atom stereocenters. The Balaban J connectivity index is 1.84. The molecule has 2 aromatic carbocycles. The number of benzene rings is 2. The average Bonchev–Trinajstić information content (AvgIpc) is 2.87. The van der Waals surface area contributed by atoms with E-state index in [1.165, 1.54) is 31.7 Å². The van der Waals surface area contributed by atoms with Crippen molar-refractivity contribution in [3.63, 3.8) is 0 Å². The van der Waals surface area contributed by atoms with Crippen LogP contribution in [-0.4, -0.2) is 0 Å². The van der Waals surface area contributed by atoms with Crippen molar-refractivity contribution < 1.29 is 0 Å². The van der Waals surface area contributed by atoms with Gasteiger partial charge in [-0.05, 0) is 54.5 Å². The molecule has 0 fully saturated rings. The second kappa shape index (κ2) is 5.39. The zero-order valence-electron chi connectivity index (χ0n) is 11.9. The molecule has 3 aromatic rings. The summed E-state index contributed by atoms with van der Waals surface area (Å²) in [5.41, 5.74) is 10.4. The van der Waals surface area contributed by atoms with E-state index < -0.39 is 0 Å². The summed E-state index contributed by atoms with van der Waals surface area (Å²) in [6, 6.07) is 17.4. The van der Waals surface area contributed by atoms with Gasteiger partial charge in [0.25, 0.3) is 0 Å². The summed E-state index contributed by atoms with van der Waals surface area (Å²) in [7, 11) is 0. The van der Waals surface area contributed by atoms with Crippen molar-refractivity contribution >= 4 is 21.4 Å². The highest BCUT2D eigenvalue weighted by molar-refractivity contribution is 7.19. The van der Waals surface area contributed by atoms with Crippen molar-refractivity contribution in [1.82, 2.24) is 0 Å². The minimum absolute atomic E-state index is 0.0782. The molecule has 0 aliphatic carbocycles. The molecule has 1 unspecified atom stereocenters. The van der Waals surface area contributed by atoms with E-state index in [0.717, 1.165) is 6.42 Å². The van der Waals surface area contributed by atoms with Crippen LogP contribution in [0, 0.1) is 13.8 Å². The third-order valence-corrected chi connectivity index (χ3v) is 5.08. The SMILES string of the molecule is Cc1ccc(CC(N)c2cc3ccccc3s2)cc1C. The maximum atomic E-state index is 6.39. The van der Waals surface area contributed by atoms with Gasteiger partial charge in [0, 0.05) is 15.6 Å². The fraction of sp³-hybridized carbons (Fsp3) is 0.222. The molecule has 0 radical (unpaired) electrons. The molecule has 0 amide bonds. The van der Waals surface area contributed by atoms with Crippen molar-refractivity contribution in [2.24, 2.45) is 5.73 Å². The van der Waals surface area contributed by atoms with Gasteiger partial charge in [-0.15, -0.1) is 11.3 Å². The van der Waals surface area contributed by atoms with E-state index in [2.05, 4.69) is 62.4 Å². The van der Waals surface area contributed by atoms with Crippen LogP contribution < -0.4 is 5.73 Å². The van der Waals surface area contributed by atoms with Crippen molar-refractivity contribution in [1.29, 1.82) is 0 Å². The Hall–Kier alpha value is -1.64. The lowest BCUT2D eigenvalue weighted by Crippen LogP contribution is -2.11. The van der Waals surface area contributed by atoms with Gasteiger partial charge in [0.15, 0.2) is 0 Å². The predicted molar refractivity (Wildman–Crippen MR) is 88.4 cm³/mol. The van der Waals surface area contributed by atoms with Gasteiger partial charge >= 0.3 is 0 Å². The molecule has 3 rings (SSSR count). The highest BCUT2D eigenvalue weighted by Crippen LogP contribution is 2.30. The average molecular weight is 281 g/mol. The van der Waals surface area contributed by atoms with Crippen LogP contribution in [-0.2, 0) is 6.42 Å². The van der Waals surface area contributed by atoms with Gasteiger partial charge in [-0.2, -0.15) is 0 Å². The molecule has 0 saturated carbocycles. The molecule has 1 heterocycles. The van der Waals surface area contributed by atoms with Crippen LogP contribution in [0.4, 0.5) is 0 Å². The lowest BCUT2D eigenvalue weighted by atomic mass is 10.0. The number of hydrogen-bond acceptors (Lipinski definition) is 2. The van der Waals surface area contributed by atoms with Crippen LogP contribution in [0.5, 0.6) is 0 Å². The van der Waals surface area contributed by atoms with Crippen LogP contribution in [0.3, 0.4) is 0 Å². The number of rotatable bonds is 3. The van der Waals surface area contributed by atoms with Gasteiger partial charge in [-0.1, -0.05) is 36.4 Å². The number of nitrogens with two attached hydrogens (primary N) is 1. The smallest absolute Gasteiger partial charge is 0.0431 e. The fourth-order valence-corrected chi connectivity index (χ4v) is 3.54. The van der Waals surface area contributed by atoms with Crippen LogP contribution in [0.15, 0.2) is 48.5 Å². The van der Waals surface area contributed by atoms with E-state index in [9.17, 15) is 0 Å². The lowest BCUT2D eigenvalue weighted by molar-refractivity contribution is 0.736. The first-order chi connectivity index (χ1) is 9.63. The van der Waals surface area contributed by atoms with Crippen molar-refractivity contribution in [2.75, 3.05) is 0 Å². The van der Waals surface area contributed by atoms with Gasteiger partial charge in [0.1, 0.15) is 0 Å². The number of aryl methyl sites for hydroxylation is 2. The Morgan fingerprint density at radius 3 is 2.55 bits per heavy atom. The minimum atomic E-state index is 0.0782. The topological polar surface area (TPSA) is 26.0 Å². The summed E-state index contributed by atoms with van der Waals surface area (Å²) >= 11 is 1.81. The maximum Gasteiger partial charge on any atom is 0.0431 e. The second-order valence-electron chi connectivity index (χ2n) is 5.42. The van der Waals surface area contributed by atoms with Crippen LogP contribution in [0.25, 0.3) is 10.1 Å². The molecule has 1 aromatic heterocycles. The first-order valence-corrected chi connectivity index (χ1v) is 7.75. The summed E-state index contributed by atoms with van der Waals surface area (Å²) in [6.07, 6.45) is 0.897. The van der Waals surface area contributed by atoms with E-state index in [1.807, 2.05) is 0 Å². The fourth-order valence-electron chi connectivity index (χ4n) is 2.47. The van der Waals surface area contributed by atoms with Gasteiger partial charge in [0.05, 0.1) is 0 Å². The summed E-state index contributed by atoms with van der Waals surface area (Å²) in [6.45, 7) is 4.30. The first-order valence-electron chi connectivity index (χ1n) is 6.93. The number of fused-ring (bicyclic) bond motifs is 1. The van der Waals surface area contributed by atoms with Crippen molar-refractivity contribution in [3.8, 4) is 0 Å². The monoisotopic (exact) mass is 281 g/mol. The van der Waals surface area contributed by atoms with Crippen LogP contribution in [0.1, 0.15) is 27.6 Å². The standard InChI is InChI=1S/C18H19NS/c1-12-7-8-14(9-13(12)2)10-16(19)18-11-15-5-3-4-6-17(15)20-18/h3-9,11,16H,10,19H2,1-2H3. The largest absolute Gasteiger partial charge is 0.323 e. The molecule has 1 nitrogen and oxygen atoms in total. The lowest BCUT2D eigenvalue weighted by Gasteiger charge is -2.11. The Kier molecular flexibility index (Phi) is 3.60. The van der Waals surface area contributed by atoms with E-state index in [-0.39, 0.29) is 6.04 Å². The summed E-state index contributed by atoms with van der Waals surface area (Å²) in [5.74, 6) is 0. The molecule has 20 heavy (non-hydrogen) atoms. The zero-order valence-corrected chi connectivity index (χ0v) is 12.7. The minimum Gasteiger partial charge on any atom is -0.323 e. The molecular formula is C18H19NS. The van der Waals surface area contributed by atoms with E-state index >= 15 is 0 Å². The van der Waals surface area contributed by atoms with Gasteiger partial charge in [-0.3, -0.25) is 0 Å². The molecule has 0 aliphatic rings. The number of thiophene rings is 1. The van der Waals surface area contributed by atoms with Gasteiger partial charge in [-0.25, -0.2) is 0 Å².